The summed E-state index contributed by atoms with van der Waals surface area (Å²) in [5, 5.41) is 7.79. The Bertz CT molecular complexity index is 1220. The molecule has 0 bridgehead atoms. The monoisotopic (exact) mass is 479 g/mol. The molecule has 31 heavy (non-hydrogen) atoms. The van der Waals surface area contributed by atoms with Crippen molar-refractivity contribution in [2.75, 3.05) is 7.11 Å². The average Bonchev–Trinajstić information content (AvgIpc) is 3.20. The normalized spacial score (nSPS) is 11.1. The first-order valence-electron chi connectivity index (χ1n) is 9.92. The van der Waals surface area contributed by atoms with Gasteiger partial charge in [0.05, 0.1) is 17.7 Å². The summed E-state index contributed by atoms with van der Waals surface area (Å²) in [6, 6.07) is 9.73. The second kappa shape index (κ2) is 9.36. The van der Waals surface area contributed by atoms with E-state index in [4.69, 9.17) is 9.84 Å². The summed E-state index contributed by atoms with van der Waals surface area (Å²) in [5.74, 6) is -0.215. The topological polar surface area (TPSA) is 81.4 Å². The number of fused-ring (bicyclic) bond motifs is 1. The van der Waals surface area contributed by atoms with E-state index in [9.17, 15) is 4.79 Å². The second-order valence-corrected chi connectivity index (χ2v) is 7.95. The van der Waals surface area contributed by atoms with Gasteiger partial charge >= 0.3 is 0 Å². The van der Waals surface area contributed by atoms with Crippen LogP contribution >= 0.6 is 15.9 Å². The van der Waals surface area contributed by atoms with Crippen LogP contribution in [0.2, 0.25) is 0 Å². The molecular formula is C23H22BrN5O2. The molecule has 4 rings (SSSR count). The maximum atomic E-state index is 13.4. The molecular weight excluding hydrogens is 458 g/mol. The number of nitrogens with one attached hydrogen (secondary N) is 1. The first-order valence-corrected chi connectivity index (χ1v) is 10.7. The summed E-state index contributed by atoms with van der Waals surface area (Å²) >= 11 is 3.50. The number of pyridine rings is 2. The molecule has 7 nitrogen and oxygen atoms in total. The first kappa shape index (κ1) is 21.1. The van der Waals surface area contributed by atoms with E-state index in [0.717, 1.165) is 38.8 Å². The molecule has 0 aliphatic heterocycles. The van der Waals surface area contributed by atoms with E-state index < -0.39 is 0 Å². The zero-order valence-electron chi connectivity index (χ0n) is 17.3. The van der Waals surface area contributed by atoms with Crippen LogP contribution in [-0.2, 0) is 24.3 Å². The Balaban J connectivity index is 1.89. The van der Waals surface area contributed by atoms with Gasteiger partial charge in [0.2, 0.25) is 0 Å². The fourth-order valence-corrected chi connectivity index (χ4v) is 3.95. The van der Waals surface area contributed by atoms with Gasteiger partial charge in [0.1, 0.15) is 5.69 Å². The highest BCUT2D eigenvalue weighted by molar-refractivity contribution is 9.10. The van der Waals surface area contributed by atoms with Gasteiger partial charge < -0.3 is 10.1 Å². The van der Waals surface area contributed by atoms with Crippen LogP contribution in [0.5, 0.6) is 0 Å². The quantitative estimate of drug-likeness (QED) is 0.429. The van der Waals surface area contributed by atoms with Crippen LogP contribution in [-0.4, -0.2) is 32.6 Å². The molecule has 4 aromatic rings. The second-order valence-electron chi connectivity index (χ2n) is 7.03. The molecule has 0 radical (unpaired) electrons. The third-order valence-corrected chi connectivity index (χ3v) is 5.45. The third-order valence-electron chi connectivity index (χ3n) is 5.02. The van der Waals surface area contributed by atoms with Gasteiger partial charge in [-0.05, 0) is 58.2 Å². The Labute approximate surface area is 188 Å². The summed E-state index contributed by atoms with van der Waals surface area (Å²) in [6.45, 7) is 2.68. The number of hydrogen-bond donors (Lipinski definition) is 1. The number of methoxy groups -OCH3 is 1. The molecule has 0 aliphatic rings. The van der Waals surface area contributed by atoms with E-state index in [0.29, 0.717) is 17.8 Å². The van der Waals surface area contributed by atoms with Crippen LogP contribution in [0.15, 0.2) is 59.6 Å². The Hall–Kier alpha value is -3.10. The van der Waals surface area contributed by atoms with Crippen LogP contribution in [0.25, 0.3) is 16.6 Å². The zero-order chi connectivity index (χ0) is 21.8. The largest absolute Gasteiger partial charge is 0.378 e. The van der Waals surface area contributed by atoms with E-state index in [-0.39, 0.29) is 12.5 Å². The molecule has 0 spiro atoms. The Kier molecular flexibility index (Phi) is 6.39. The molecule has 0 aromatic carbocycles. The molecule has 4 aromatic heterocycles. The molecule has 0 saturated heterocycles. The first-order chi connectivity index (χ1) is 15.1. The van der Waals surface area contributed by atoms with Crippen molar-refractivity contribution in [1.29, 1.82) is 0 Å². The third kappa shape index (κ3) is 4.35. The smallest absolute Gasteiger partial charge is 0.254 e. The molecule has 1 amide bonds. The van der Waals surface area contributed by atoms with Gasteiger partial charge in [-0.1, -0.05) is 6.92 Å². The summed E-state index contributed by atoms with van der Waals surface area (Å²) in [6.07, 6.45) is 7.71. The maximum Gasteiger partial charge on any atom is 0.254 e. The Morgan fingerprint density at radius 1 is 1.16 bits per heavy atom. The van der Waals surface area contributed by atoms with E-state index in [1.165, 1.54) is 0 Å². The minimum absolute atomic E-state index is 0.212. The standard InChI is InChI=1S/C23H22BrN5O2/c1-3-18-4-5-20-21(16-10-17(24)13-26-12-16)22(19(14-31-2)28-29(18)20)23(30)27-11-15-6-8-25-9-7-15/h4-10,12-13H,3,11,14H2,1-2H3,(H,27,30). The highest BCUT2D eigenvalue weighted by Crippen LogP contribution is 2.33. The van der Waals surface area contributed by atoms with Crippen molar-refractivity contribution in [2.24, 2.45) is 0 Å². The number of hydrogen-bond acceptors (Lipinski definition) is 5. The van der Waals surface area contributed by atoms with Crippen molar-refractivity contribution in [3.8, 4) is 11.1 Å². The lowest BCUT2D eigenvalue weighted by molar-refractivity contribution is 0.0945. The number of carbonyl (C=O) groups excluding carboxylic acids is 1. The van der Waals surface area contributed by atoms with Gasteiger partial charge in [0, 0.05) is 59.7 Å². The molecule has 0 unspecified atom stereocenters. The molecule has 8 heteroatoms. The molecule has 1 N–H and O–H groups in total. The summed E-state index contributed by atoms with van der Waals surface area (Å²) in [7, 11) is 1.60. The lowest BCUT2D eigenvalue weighted by Gasteiger charge is -2.17. The SMILES string of the molecule is CCc1ccc2c(-c3cncc(Br)c3)c(C(=O)NCc3ccncc3)c(COC)nn12. The predicted octanol–water partition coefficient (Wildman–Crippen LogP) is 4.19. The molecule has 4 heterocycles. The molecule has 0 fully saturated rings. The van der Waals surface area contributed by atoms with E-state index in [1.54, 1.807) is 31.9 Å². The molecule has 0 aliphatic carbocycles. The van der Waals surface area contributed by atoms with Crippen LogP contribution < -0.4 is 5.32 Å². The van der Waals surface area contributed by atoms with Gasteiger partial charge in [0.15, 0.2) is 0 Å². The van der Waals surface area contributed by atoms with Crippen molar-refractivity contribution < 1.29 is 9.53 Å². The number of aromatic nitrogens is 4. The number of ether oxygens (including phenoxy) is 1. The minimum atomic E-state index is -0.215. The van der Waals surface area contributed by atoms with Crippen LogP contribution in [0.1, 0.15) is 34.2 Å². The fraction of sp³-hybridized carbons (Fsp3) is 0.217. The number of carbonyl (C=O) groups is 1. The maximum absolute atomic E-state index is 13.4. The van der Waals surface area contributed by atoms with E-state index in [2.05, 4.69) is 38.1 Å². The van der Waals surface area contributed by atoms with Gasteiger partial charge in [-0.3, -0.25) is 14.8 Å². The van der Waals surface area contributed by atoms with Crippen LogP contribution in [0, 0.1) is 0 Å². The zero-order valence-corrected chi connectivity index (χ0v) is 18.9. The number of rotatable bonds is 7. The summed E-state index contributed by atoms with van der Waals surface area (Å²) < 4.78 is 8.13. The van der Waals surface area contributed by atoms with Gasteiger partial charge in [-0.25, -0.2) is 4.52 Å². The van der Waals surface area contributed by atoms with E-state index in [1.807, 2.05) is 34.8 Å². The van der Waals surface area contributed by atoms with Crippen molar-refractivity contribution in [2.45, 2.75) is 26.5 Å². The molecule has 158 valence electrons. The predicted molar refractivity (Wildman–Crippen MR) is 122 cm³/mol. The summed E-state index contributed by atoms with van der Waals surface area (Å²) in [4.78, 5) is 21.8. The lowest BCUT2D eigenvalue weighted by atomic mass is 9.99. The van der Waals surface area contributed by atoms with Gasteiger partial charge in [-0.15, -0.1) is 0 Å². The van der Waals surface area contributed by atoms with E-state index >= 15 is 0 Å². The van der Waals surface area contributed by atoms with Gasteiger partial charge in [0.25, 0.3) is 5.91 Å². The Morgan fingerprint density at radius 2 is 1.97 bits per heavy atom. The Morgan fingerprint density at radius 3 is 2.68 bits per heavy atom. The lowest BCUT2D eigenvalue weighted by Crippen LogP contribution is -2.26. The highest BCUT2D eigenvalue weighted by atomic mass is 79.9. The highest BCUT2D eigenvalue weighted by Gasteiger charge is 2.24. The minimum Gasteiger partial charge on any atom is -0.378 e. The molecule has 0 saturated carbocycles. The number of amides is 1. The van der Waals surface area contributed by atoms with Crippen molar-refractivity contribution >= 4 is 27.4 Å². The average molecular weight is 480 g/mol. The van der Waals surface area contributed by atoms with Crippen molar-refractivity contribution in [3.05, 3.63) is 82.1 Å². The van der Waals surface area contributed by atoms with Crippen molar-refractivity contribution in [1.82, 2.24) is 24.9 Å². The fourth-order valence-electron chi connectivity index (χ4n) is 3.58. The number of nitrogens with zero attached hydrogens (tertiary/aromatic N) is 4. The number of halogens is 1. The van der Waals surface area contributed by atoms with Crippen LogP contribution in [0.4, 0.5) is 0 Å². The number of aryl methyl sites for hydroxylation is 1. The molecule has 0 atom stereocenters. The van der Waals surface area contributed by atoms with Gasteiger partial charge in [-0.2, -0.15) is 5.10 Å². The van der Waals surface area contributed by atoms with Crippen molar-refractivity contribution in [3.63, 3.8) is 0 Å². The summed E-state index contributed by atoms with van der Waals surface area (Å²) in [5.41, 5.74) is 5.54. The van der Waals surface area contributed by atoms with Crippen LogP contribution in [0.3, 0.4) is 0 Å².